The maximum atomic E-state index is 2.37. The number of hydrogen-bond acceptors (Lipinski definition) is 0. The molecule has 0 aromatic heterocycles. The van der Waals surface area contributed by atoms with E-state index in [1.807, 2.05) is 0 Å². The van der Waals surface area contributed by atoms with Gasteiger partial charge in [0.25, 0.3) is 0 Å². The first-order valence-electron chi connectivity index (χ1n) is 13.9. The normalized spacial score (nSPS) is 11.5. The van der Waals surface area contributed by atoms with Crippen LogP contribution in [-0.4, -0.2) is 0 Å². The predicted octanol–water partition coefficient (Wildman–Crippen LogP) is 11.3. The average Bonchev–Trinajstić information content (AvgIpc) is 3.03. The molecule has 0 fully saturated rings. The molecule has 0 amide bonds. The third-order valence-corrected chi connectivity index (χ3v) is 8.24. The molecule has 0 saturated carbocycles. The molecule has 0 N–H and O–H groups in total. The Morgan fingerprint density at radius 3 is 1.48 bits per heavy atom. The molecule has 0 radical (unpaired) electrons. The second kappa shape index (κ2) is 9.22. The molecule has 0 unspecified atom stereocenters. The van der Waals surface area contributed by atoms with Gasteiger partial charge in [0.2, 0.25) is 0 Å². The van der Waals surface area contributed by atoms with Gasteiger partial charge in [-0.3, -0.25) is 0 Å². The van der Waals surface area contributed by atoms with Gasteiger partial charge in [0, 0.05) is 0 Å². The predicted molar refractivity (Wildman–Crippen MR) is 173 cm³/mol. The van der Waals surface area contributed by atoms with Crippen molar-refractivity contribution in [3.63, 3.8) is 0 Å². The van der Waals surface area contributed by atoms with Crippen LogP contribution >= 0.6 is 0 Å². The number of hydrogen-bond donors (Lipinski definition) is 0. The average molecular weight is 507 g/mol. The van der Waals surface area contributed by atoms with Gasteiger partial charge in [-0.15, -0.1) is 0 Å². The van der Waals surface area contributed by atoms with Crippen molar-refractivity contribution < 1.29 is 0 Å². The second-order valence-electron chi connectivity index (χ2n) is 10.6. The Labute approximate surface area is 233 Å². The fourth-order valence-corrected chi connectivity index (χ4v) is 6.19. The Bertz CT molecular complexity index is 2190. The Balaban J connectivity index is 1.31. The highest BCUT2D eigenvalue weighted by Gasteiger charge is 2.13. The van der Waals surface area contributed by atoms with E-state index >= 15 is 0 Å². The Hall–Kier alpha value is -5.20. The van der Waals surface area contributed by atoms with E-state index in [-0.39, 0.29) is 0 Å². The van der Waals surface area contributed by atoms with Gasteiger partial charge in [0.05, 0.1) is 0 Å². The van der Waals surface area contributed by atoms with Crippen LogP contribution in [-0.2, 0) is 0 Å². The van der Waals surface area contributed by atoms with Crippen LogP contribution in [0.25, 0.3) is 76.5 Å². The molecular formula is C40H26. The van der Waals surface area contributed by atoms with E-state index in [9.17, 15) is 0 Å². The summed E-state index contributed by atoms with van der Waals surface area (Å²) in [5.41, 5.74) is 7.51. The lowest BCUT2D eigenvalue weighted by molar-refractivity contribution is 1.62. The van der Waals surface area contributed by atoms with Gasteiger partial charge < -0.3 is 0 Å². The maximum absolute atomic E-state index is 2.37. The summed E-state index contributed by atoms with van der Waals surface area (Å²) in [6.45, 7) is 0. The Kier molecular flexibility index (Phi) is 5.24. The third-order valence-electron chi connectivity index (χ3n) is 8.24. The molecule has 0 heterocycles. The van der Waals surface area contributed by atoms with Crippen molar-refractivity contribution in [3.05, 3.63) is 158 Å². The van der Waals surface area contributed by atoms with Crippen LogP contribution in [0.15, 0.2) is 158 Å². The third kappa shape index (κ3) is 3.77. The standard InChI is InChI=1S/C40H26/c1-2-10-31-24-34(21-18-27(31)8-1)28-16-19-30(20-17-28)36-22-23-38(37-15-7-13-29-9-5-6-14-35(29)37)40-26-33-12-4-3-11-32(33)25-39(36)40/h1-26H. The molecule has 0 aliphatic rings. The van der Waals surface area contributed by atoms with Crippen molar-refractivity contribution in [2.24, 2.45) is 0 Å². The van der Waals surface area contributed by atoms with Crippen molar-refractivity contribution in [3.8, 4) is 33.4 Å². The van der Waals surface area contributed by atoms with Gasteiger partial charge in [-0.2, -0.15) is 0 Å². The first-order chi connectivity index (χ1) is 19.8. The van der Waals surface area contributed by atoms with Crippen LogP contribution in [0.3, 0.4) is 0 Å². The van der Waals surface area contributed by atoms with Gasteiger partial charge in [-0.05, 0) is 94.7 Å². The molecule has 186 valence electrons. The van der Waals surface area contributed by atoms with E-state index in [2.05, 4.69) is 158 Å². The SMILES string of the molecule is c1ccc2cc(-c3ccc(-c4ccc(-c5cccc6ccccc56)c5cc6ccccc6cc45)cc3)ccc2c1. The maximum Gasteiger partial charge on any atom is -0.00926 e. The molecule has 0 aliphatic heterocycles. The van der Waals surface area contributed by atoms with Crippen LogP contribution in [0.4, 0.5) is 0 Å². The zero-order chi connectivity index (χ0) is 26.5. The topological polar surface area (TPSA) is 0 Å². The Morgan fingerprint density at radius 1 is 0.225 bits per heavy atom. The van der Waals surface area contributed by atoms with E-state index in [0.29, 0.717) is 0 Å². The summed E-state index contributed by atoms with van der Waals surface area (Å²) < 4.78 is 0. The molecule has 8 aromatic carbocycles. The lowest BCUT2D eigenvalue weighted by Gasteiger charge is -2.15. The lowest BCUT2D eigenvalue weighted by Crippen LogP contribution is -1.89. The summed E-state index contributed by atoms with van der Waals surface area (Å²) >= 11 is 0. The summed E-state index contributed by atoms with van der Waals surface area (Å²) in [7, 11) is 0. The smallest absolute Gasteiger partial charge is 0.00926 e. The van der Waals surface area contributed by atoms with Crippen molar-refractivity contribution in [2.45, 2.75) is 0 Å². The minimum Gasteiger partial charge on any atom is -0.0616 e. The van der Waals surface area contributed by atoms with Gasteiger partial charge in [0.15, 0.2) is 0 Å². The monoisotopic (exact) mass is 506 g/mol. The largest absolute Gasteiger partial charge is 0.0616 e. The van der Waals surface area contributed by atoms with E-state index in [4.69, 9.17) is 0 Å². The summed E-state index contributed by atoms with van der Waals surface area (Å²) in [5.74, 6) is 0. The van der Waals surface area contributed by atoms with Crippen LogP contribution in [0.1, 0.15) is 0 Å². The number of benzene rings is 8. The van der Waals surface area contributed by atoms with Crippen molar-refractivity contribution in [2.75, 3.05) is 0 Å². The zero-order valence-corrected chi connectivity index (χ0v) is 22.0. The van der Waals surface area contributed by atoms with E-state index in [1.54, 1.807) is 0 Å². The van der Waals surface area contributed by atoms with E-state index in [0.717, 1.165) is 0 Å². The van der Waals surface area contributed by atoms with Gasteiger partial charge in [0.1, 0.15) is 0 Å². The molecule has 0 atom stereocenters. The first-order valence-corrected chi connectivity index (χ1v) is 13.9. The van der Waals surface area contributed by atoms with Crippen molar-refractivity contribution in [1.82, 2.24) is 0 Å². The fraction of sp³-hybridized carbons (Fsp3) is 0. The highest BCUT2D eigenvalue weighted by Crippen LogP contribution is 2.40. The first kappa shape index (κ1) is 22.8. The summed E-state index contributed by atoms with van der Waals surface area (Å²) in [6.07, 6.45) is 0. The quantitative estimate of drug-likeness (QED) is 0.209. The molecule has 0 aliphatic carbocycles. The zero-order valence-electron chi connectivity index (χ0n) is 22.0. The van der Waals surface area contributed by atoms with Crippen molar-refractivity contribution in [1.29, 1.82) is 0 Å². The van der Waals surface area contributed by atoms with Crippen molar-refractivity contribution >= 4 is 43.1 Å². The van der Waals surface area contributed by atoms with Crippen LogP contribution in [0.2, 0.25) is 0 Å². The molecule has 0 heteroatoms. The summed E-state index contributed by atoms with van der Waals surface area (Å²) in [6, 6.07) is 57.6. The molecule has 40 heavy (non-hydrogen) atoms. The van der Waals surface area contributed by atoms with E-state index < -0.39 is 0 Å². The van der Waals surface area contributed by atoms with Crippen LogP contribution in [0, 0.1) is 0 Å². The summed E-state index contributed by atoms with van der Waals surface area (Å²) in [5, 5.41) is 10.2. The number of rotatable bonds is 3. The Morgan fingerprint density at radius 2 is 0.725 bits per heavy atom. The molecule has 0 bridgehead atoms. The molecular weight excluding hydrogens is 480 g/mol. The molecule has 8 rings (SSSR count). The fourth-order valence-electron chi connectivity index (χ4n) is 6.19. The lowest BCUT2D eigenvalue weighted by atomic mass is 9.88. The van der Waals surface area contributed by atoms with Crippen LogP contribution in [0.5, 0.6) is 0 Å². The van der Waals surface area contributed by atoms with Gasteiger partial charge in [-0.25, -0.2) is 0 Å². The van der Waals surface area contributed by atoms with Crippen LogP contribution < -0.4 is 0 Å². The number of fused-ring (bicyclic) bond motifs is 4. The molecule has 0 saturated heterocycles. The molecule has 8 aromatic rings. The van der Waals surface area contributed by atoms with Gasteiger partial charge in [-0.1, -0.05) is 140 Å². The van der Waals surface area contributed by atoms with Gasteiger partial charge >= 0.3 is 0 Å². The molecule has 0 nitrogen and oxygen atoms in total. The minimum atomic E-state index is 1.23. The highest BCUT2D eigenvalue weighted by atomic mass is 14.2. The van der Waals surface area contributed by atoms with E-state index in [1.165, 1.54) is 76.5 Å². The summed E-state index contributed by atoms with van der Waals surface area (Å²) in [4.78, 5) is 0. The highest BCUT2D eigenvalue weighted by molar-refractivity contribution is 6.13. The molecule has 0 spiro atoms. The second-order valence-corrected chi connectivity index (χ2v) is 10.6. The minimum absolute atomic E-state index is 1.23.